The van der Waals surface area contributed by atoms with Gasteiger partial charge in [0.15, 0.2) is 0 Å². The number of hydrogen-bond acceptors (Lipinski definition) is 5. The van der Waals surface area contributed by atoms with Crippen LogP contribution in [0.2, 0.25) is 0 Å². The second-order valence-corrected chi connectivity index (χ2v) is 6.31. The maximum atomic E-state index is 12.6. The molecule has 0 bridgehead atoms. The lowest BCUT2D eigenvalue weighted by atomic mass is 10.1. The average molecular weight is 324 g/mol. The minimum atomic E-state index is 0.0689. The van der Waals surface area contributed by atoms with Gasteiger partial charge in [0.05, 0.1) is 11.8 Å². The first-order valence-electron chi connectivity index (χ1n) is 8.29. The van der Waals surface area contributed by atoms with E-state index in [9.17, 15) is 4.79 Å². The third kappa shape index (κ3) is 3.10. The zero-order valence-corrected chi connectivity index (χ0v) is 13.4. The summed E-state index contributed by atoms with van der Waals surface area (Å²) < 4.78 is 6.03. The number of fused-ring (bicyclic) bond motifs is 1. The maximum Gasteiger partial charge on any atom is 0.255 e. The van der Waals surface area contributed by atoms with Crippen LogP contribution in [0.25, 0.3) is 0 Å². The van der Waals surface area contributed by atoms with Gasteiger partial charge in [0.2, 0.25) is 0 Å². The minimum Gasteiger partial charge on any atom is -0.487 e. The van der Waals surface area contributed by atoms with Crippen molar-refractivity contribution in [2.45, 2.75) is 18.6 Å². The van der Waals surface area contributed by atoms with Crippen LogP contribution in [0.3, 0.4) is 0 Å². The SMILES string of the molecule is O=C(c1cccnc1)N1CCN2C[C@H](Oc3cccnc3)C[C@H]2C1. The normalized spacial score (nSPS) is 23.8. The summed E-state index contributed by atoms with van der Waals surface area (Å²) >= 11 is 0. The summed E-state index contributed by atoms with van der Waals surface area (Å²) in [7, 11) is 0. The van der Waals surface area contributed by atoms with Gasteiger partial charge < -0.3 is 9.64 Å². The van der Waals surface area contributed by atoms with E-state index in [2.05, 4.69) is 14.9 Å². The van der Waals surface area contributed by atoms with Gasteiger partial charge >= 0.3 is 0 Å². The number of carbonyl (C=O) groups excluding carboxylic acids is 1. The molecular weight excluding hydrogens is 304 g/mol. The summed E-state index contributed by atoms with van der Waals surface area (Å²) in [5.74, 6) is 0.880. The molecule has 0 radical (unpaired) electrons. The number of carbonyl (C=O) groups is 1. The van der Waals surface area contributed by atoms with Crippen LogP contribution in [0.1, 0.15) is 16.8 Å². The van der Waals surface area contributed by atoms with Crippen molar-refractivity contribution >= 4 is 5.91 Å². The Hall–Kier alpha value is -2.47. The Labute approximate surface area is 141 Å². The van der Waals surface area contributed by atoms with E-state index in [1.54, 1.807) is 30.9 Å². The van der Waals surface area contributed by atoms with E-state index in [0.717, 1.165) is 38.3 Å². The van der Waals surface area contributed by atoms with Crippen molar-refractivity contribution in [1.82, 2.24) is 19.8 Å². The van der Waals surface area contributed by atoms with E-state index in [-0.39, 0.29) is 12.0 Å². The lowest BCUT2D eigenvalue weighted by molar-refractivity contribution is 0.0569. The average Bonchev–Trinajstić information content (AvgIpc) is 3.04. The molecule has 2 aromatic heterocycles. The van der Waals surface area contributed by atoms with Crippen molar-refractivity contribution in [3.63, 3.8) is 0 Å². The van der Waals surface area contributed by atoms with Gasteiger partial charge in [-0.2, -0.15) is 0 Å². The van der Waals surface area contributed by atoms with Crippen LogP contribution in [0.5, 0.6) is 5.75 Å². The van der Waals surface area contributed by atoms with Gasteiger partial charge in [0, 0.05) is 57.2 Å². The topological polar surface area (TPSA) is 58.6 Å². The van der Waals surface area contributed by atoms with Crippen molar-refractivity contribution in [2.75, 3.05) is 26.2 Å². The number of hydrogen-bond donors (Lipinski definition) is 0. The van der Waals surface area contributed by atoms with E-state index in [1.165, 1.54) is 0 Å². The summed E-state index contributed by atoms with van der Waals surface area (Å²) in [5.41, 5.74) is 0.659. The van der Waals surface area contributed by atoms with E-state index < -0.39 is 0 Å². The lowest BCUT2D eigenvalue weighted by Crippen LogP contribution is -2.52. The highest BCUT2D eigenvalue weighted by Crippen LogP contribution is 2.26. The van der Waals surface area contributed by atoms with Crippen LogP contribution in [-0.2, 0) is 0 Å². The lowest BCUT2D eigenvalue weighted by Gasteiger charge is -2.37. The molecule has 2 atom stereocenters. The number of aromatic nitrogens is 2. The van der Waals surface area contributed by atoms with Gasteiger partial charge in [-0.05, 0) is 24.3 Å². The number of nitrogens with zero attached hydrogens (tertiary/aromatic N) is 4. The molecule has 24 heavy (non-hydrogen) atoms. The summed E-state index contributed by atoms with van der Waals surface area (Å²) in [6.07, 6.45) is 7.91. The Balaban J connectivity index is 1.38. The summed E-state index contributed by atoms with van der Waals surface area (Å²) in [4.78, 5) is 25.1. The number of piperazine rings is 1. The molecule has 2 aliphatic heterocycles. The zero-order valence-electron chi connectivity index (χ0n) is 13.4. The largest absolute Gasteiger partial charge is 0.487 e. The van der Waals surface area contributed by atoms with Crippen LogP contribution in [0, 0.1) is 0 Å². The van der Waals surface area contributed by atoms with Gasteiger partial charge in [-0.15, -0.1) is 0 Å². The fourth-order valence-corrected chi connectivity index (χ4v) is 3.55. The molecule has 0 spiro atoms. The van der Waals surface area contributed by atoms with Crippen molar-refractivity contribution in [2.24, 2.45) is 0 Å². The molecule has 0 saturated carbocycles. The van der Waals surface area contributed by atoms with E-state index >= 15 is 0 Å². The predicted octanol–water partition coefficient (Wildman–Crippen LogP) is 1.45. The Kier molecular flexibility index (Phi) is 4.13. The molecule has 4 heterocycles. The Bertz CT molecular complexity index is 695. The monoisotopic (exact) mass is 324 g/mol. The van der Waals surface area contributed by atoms with Gasteiger partial charge in [0.25, 0.3) is 5.91 Å². The second-order valence-electron chi connectivity index (χ2n) is 6.31. The highest BCUT2D eigenvalue weighted by molar-refractivity contribution is 5.94. The van der Waals surface area contributed by atoms with Crippen molar-refractivity contribution in [3.8, 4) is 5.75 Å². The molecule has 2 saturated heterocycles. The molecular formula is C18H20N4O2. The van der Waals surface area contributed by atoms with Crippen LogP contribution >= 0.6 is 0 Å². The van der Waals surface area contributed by atoms with Crippen molar-refractivity contribution in [1.29, 1.82) is 0 Å². The standard InChI is InChI=1S/C18H20N4O2/c23-18(14-3-1-5-19-10-14)22-8-7-21-13-17(9-15(21)12-22)24-16-4-2-6-20-11-16/h1-6,10-11,15,17H,7-9,12-13H2/t15-,17+/m0/s1. The van der Waals surface area contributed by atoms with Gasteiger partial charge in [-0.1, -0.05) is 0 Å². The van der Waals surface area contributed by atoms with Crippen LogP contribution in [0.15, 0.2) is 49.1 Å². The molecule has 0 aliphatic carbocycles. The van der Waals surface area contributed by atoms with Gasteiger partial charge in [-0.25, -0.2) is 0 Å². The molecule has 124 valence electrons. The summed E-state index contributed by atoms with van der Waals surface area (Å²) in [5, 5.41) is 0. The van der Waals surface area contributed by atoms with Crippen LogP contribution in [-0.4, -0.2) is 64.0 Å². The summed E-state index contributed by atoms with van der Waals surface area (Å²) in [6, 6.07) is 7.80. The molecule has 6 heteroatoms. The van der Waals surface area contributed by atoms with Gasteiger partial charge in [-0.3, -0.25) is 19.7 Å². The highest BCUT2D eigenvalue weighted by Gasteiger charge is 2.38. The van der Waals surface area contributed by atoms with Crippen molar-refractivity contribution < 1.29 is 9.53 Å². The second kappa shape index (κ2) is 6.57. The smallest absolute Gasteiger partial charge is 0.255 e. The highest BCUT2D eigenvalue weighted by atomic mass is 16.5. The molecule has 6 nitrogen and oxygen atoms in total. The molecule has 2 fully saturated rings. The van der Waals surface area contributed by atoms with Gasteiger partial charge in [0.1, 0.15) is 11.9 Å². The number of amides is 1. The number of ether oxygens (including phenoxy) is 1. The van der Waals surface area contributed by atoms with E-state index in [4.69, 9.17) is 4.74 Å². The number of pyridine rings is 2. The zero-order chi connectivity index (χ0) is 16.4. The Morgan fingerprint density at radius 3 is 2.67 bits per heavy atom. The third-order valence-corrected chi connectivity index (χ3v) is 4.71. The fraction of sp³-hybridized carbons (Fsp3) is 0.389. The fourth-order valence-electron chi connectivity index (χ4n) is 3.55. The Morgan fingerprint density at radius 1 is 1.08 bits per heavy atom. The van der Waals surface area contributed by atoms with E-state index in [1.807, 2.05) is 23.1 Å². The first-order chi connectivity index (χ1) is 11.8. The first kappa shape index (κ1) is 15.1. The third-order valence-electron chi connectivity index (χ3n) is 4.71. The Morgan fingerprint density at radius 2 is 1.92 bits per heavy atom. The molecule has 0 N–H and O–H groups in total. The summed E-state index contributed by atoms with van der Waals surface area (Å²) in [6.45, 7) is 3.31. The minimum absolute atomic E-state index is 0.0689. The number of rotatable bonds is 3. The molecule has 1 amide bonds. The van der Waals surface area contributed by atoms with Crippen molar-refractivity contribution in [3.05, 3.63) is 54.6 Å². The van der Waals surface area contributed by atoms with Crippen LogP contribution < -0.4 is 4.74 Å². The van der Waals surface area contributed by atoms with E-state index in [0.29, 0.717) is 11.6 Å². The predicted molar refractivity (Wildman–Crippen MR) is 88.8 cm³/mol. The molecule has 2 aromatic rings. The quantitative estimate of drug-likeness (QED) is 0.855. The molecule has 4 rings (SSSR count). The molecule has 0 aromatic carbocycles. The maximum absolute atomic E-state index is 12.6. The molecule has 2 aliphatic rings. The molecule has 0 unspecified atom stereocenters. The van der Waals surface area contributed by atoms with Crippen LogP contribution in [0.4, 0.5) is 0 Å². The first-order valence-corrected chi connectivity index (χ1v) is 8.29.